The van der Waals surface area contributed by atoms with Gasteiger partial charge in [-0.2, -0.15) is 0 Å². The predicted molar refractivity (Wildman–Crippen MR) is 120 cm³/mol. The zero-order chi connectivity index (χ0) is 21.4. The third-order valence-corrected chi connectivity index (χ3v) is 6.70. The number of rotatable bonds is 4. The molecule has 0 N–H and O–H groups in total. The Balaban J connectivity index is 1.39. The second-order valence-corrected chi connectivity index (χ2v) is 9.03. The van der Waals surface area contributed by atoms with Crippen LogP contribution in [0.25, 0.3) is 11.5 Å². The Labute approximate surface area is 190 Å². The van der Waals surface area contributed by atoms with Crippen molar-refractivity contribution in [1.29, 1.82) is 0 Å². The smallest absolute Gasteiger partial charge is 0.277 e. The average Bonchev–Trinajstić information content (AvgIpc) is 3.25. The molecular weight excluding hydrogens is 457 g/mol. The highest BCUT2D eigenvalue weighted by Crippen LogP contribution is 2.49. The number of benzene rings is 3. The van der Waals surface area contributed by atoms with E-state index >= 15 is 0 Å². The molecule has 4 aromatic rings. The lowest BCUT2D eigenvalue weighted by atomic mass is 10.2. The van der Waals surface area contributed by atoms with E-state index in [0.717, 1.165) is 32.9 Å². The van der Waals surface area contributed by atoms with E-state index in [2.05, 4.69) is 10.2 Å². The minimum absolute atomic E-state index is 0.0791. The lowest BCUT2D eigenvalue weighted by Crippen LogP contribution is -2.30. The van der Waals surface area contributed by atoms with Crippen molar-refractivity contribution in [2.75, 3.05) is 10.7 Å². The SMILES string of the molecule is O=C(CSc1nnc(-c2cccc(F)c2)o1)N1c2ccccc2Sc2ccc(Cl)cc21. The summed E-state index contributed by atoms with van der Waals surface area (Å²) in [6.45, 7) is 0. The summed E-state index contributed by atoms with van der Waals surface area (Å²) < 4.78 is 19.0. The highest BCUT2D eigenvalue weighted by molar-refractivity contribution is 8.00. The van der Waals surface area contributed by atoms with Crippen LogP contribution in [0.3, 0.4) is 0 Å². The standard InChI is InChI=1S/C22H13ClFN3O2S2/c23-14-8-9-19-17(11-14)27(16-6-1-2-7-18(16)31-19)20(28)12-30-22-26-25-21(29-22)13-4-3-5-15(24)10-13/h1-11H,12H2. The largest absolute Gasteiger partial charge is 0.411 e. The molecule has 0 fully saturated rings. The average molecular weight is 470 g/mol. The van der Waals surface area contributed by atoms with Gasteiger partial charge in [-0.25, -0.2) is 4.39 Å². The summed E-state index contributed by atoms with van der Waals surface area (Å²) in [5.41, 5.74) is 2.03. The van der Waals surface area contributed by atoms with Crippen LogP contribution in [0.5, 0.6) is 0 Å². The zero-order valence-corrected chi connectivity index (χ0v) is 18.2. The number of halogens is 2. The summed E-state index contributed by atoms with van der Waals surface area (Å²) >= 11 is 8.93. The highest BCUT2D eigenvalue weighted by Gasteiger charge is 2.28. The van der Waals surface area contributed by atoms with Gasteiger partial charge in [0.25, 0.3) is 5.22 Å². The first kappa shape index (κ1) is 20.1. The summed E-state index contributed by atoms with van der Waals surface area (Å²) in [6.07, 6.45) is 0. The molecule has 3 aromatic carbocycles. The fraction of sp³-hybridized carbons (Fsp3) is 0.0455. The van der Waals surface area contributed by atoms with E-state index in [1.54, 1.807) is 34.9 Å². The number of carbonyl (C=O) groups excluding carboxylic acids is 1. The van der Waals surface area contributed by atoms with Gasteiger partial charge in [0, 0.05) is 20.4 Å². The van der Waals surface area contributed by atoms with Gasteiger partial charge in [0.15, 0.2) is 0 Å². The number of anilines is 2. The van der Waals surface area contributed by atoms with Crippen LogP contribution in [0.2, 0.25) is 5.02 Å². The van der Waals surface area contributed by atoms with Crippen LogP contribution in [0.1, 0.15) is 0 Å². The van der Waals surface area contributed by atoms with Crippen molar-refractivity contribution in [3.63, 3.8) is 0 Å². The van der Waals surface area contributed by atoms with Crippen LogP contribution in [0.4, 0.5) is 15.8 Å². The first-order valence-corrected chi connectivity index (χ1v) is 11.4. The maximum absolute atomic E-state index is 13.4. The van der Waals surface area contributed by atoms with Crippen molar-refractivity contribution in [2.24, 2.45) is 0 Å². The van der Waals surface area contributed by atoms with Crippen molar-refractivity contribution in [3.05, 3.63) is 77.6 Å². The van der Waals surface area contributed by atoms with Crippen molar-refractivity contribution >= 4 is 52.4 Å². The number of carbonyl (C=O) groups is 1. The van der Waals surface area contributed by atoms with Crippen LogP contribution in [0, 0.1) is 5.82 Å². The molecule has 9 heteroatoms. The number of hydrogen-bond acceptors (Lipinski definition) is 6. The van der Waals surface area contributed by atoms with E-state index in [9.17, 15) is 9.18 Å². The molecule has 0 spiro atoms. The molecule has 0 saturated carbocycles. The number of aromatic nitrogens is 2. The van der Waals surface area contributed by atoms with Gasteiger partial charge >= 0.3 is 0 Å². The molecule has 0 saturated heterocycles. The predicted octanol–water partition coefficient (Wildman–Crippen LogP) is 6.45. The van der Waals surface area contributed by atoms with Crippen LogP contribution < -0.4 is 4.90 Å². The van der Waals surface area contributed by atoms with Gasteiger partial charge in [-0.3, -0.25) is 9.69 Å². The first-order valence-electron chi connectivity index (χ1n) is 9.20. The molecule has 154 valence electrons. The Kier molecular flexibility index (Phi) is 5.43. The molecule has 0 unspecified atom stereocenters. The Morgan fingerprint density at radius 1 is 1.03 bits per heavy atom. The molecule has 1 aliphatic heterocycles. The normalized spacial score (nSPS) is 12.4. The minimum atomic E-state index is -0.390. The molecule has 31 heavy (non-hydrogen) atoms. The lowest BCUT2D eigenvalue weighted by Gasteiger charge is -2.31. The van der Waals surface area contributed by atoms with Crippen LogP contribution in [-0.4, -0.2) is 21.9 Å². The number of fused-ring (bicyclic) bond motifs is 2. The van der Waals surface area contributed by atoms with Crippen molar-refractivity contribution in [1.82, 2.24) is 10.2 Å². The fourth-order valence-electron chi connectivity index (χ4n) is 3.19. The van der Waals surface area contributed by atoms with Gasteiger partial charge in [0.1, 0.15) is 5.82 Å². The van der Waals surface area contributed by atoms with E-state index in [1.807, 2.05) is 36.4 Å². The second kappa shape index (κ2) is 8.37. The van der Waals surface area contributed by atoms with Crippen LogP contribution >= 0.6 is 35.1 Å². The Morgan fingerprint density at radius 3 is 2.74 bits per heavy atom. The number of hydrogen-bond donors (Lipinski definition) is 0. The molecule has 0 radical (unpaired) electrons. The monoisotopic (exact) mass is 469 g/mol. The molecule has 1 aliphatic rings. The van der Waals surface area contributed by atoms with Crippen molar-refractivity contribution in [2.45, 2.75) is 15.0 Å². The van der Waals surface area contributed by atoms with E-state index in [0.29, 0.717) is 10.6 Å². The van der Waals surface area contributed by atoms with Gasteiger partial charge in [-0.1, -0.05) is 53.3 Å². The number of thioether (sulfide) groups is 1. The Morgan fingerprint density at radius 2 is 1.87 bits per heavy atom. The number of para-hydroxylation sites is 1. The van der Waals surface area contributed by atoms with Crippen LogP contribution in [-0.2, 0) is 4.79 Å². The van der Waals surface area contributed by atoms with Gasteiger partial charge in [-0.15, -0.1) is 10.2 Å². The summed E-state index contributed by atoms with van der Waals surface area (Å²) in [4.78, 5) is 16.9. The van der Waals surface area contributed by atoms with E-state index in [4.69, 9.17) is 16.0 Å². The lowest BCUT2D eigenvalue weighted by molar-refractivity contribution is -0.115. The van der Waals surface area contributed by atoms with Gasteiger partial charge < -0.3 is 4.42 Å². The summed E-state index contributed by atoms with van der Waals surface area (Å²) in [5.74, 6) is -0.257. The van der Waals surface area contributed by atoms with Gasteiger partial charge in [-0.05, 0) is 48.5 Å². The number of nitrogens with zero attached hydrogens (tertiary/aromatic N) is 3. The Bertz CT molecular complexity index is 1300. The van der Waals surface area contributed by atoms with Crippen molar-refractivity contribution < 1.29 is 13.6 Å². The molecule has 1 amide bonds. The molecule has 0 bridgehead atoms. The maximum Gasteiger partial charge on any atom is 0.277 e. The maximum atomic E-state index is 13.4. The molecule has 0 atom stereocenters. The van der Waals surface area contributed by atoms with Crippen LogP contribution in [0.15, 0.2) is 86.2 Å². The molecule has 1 aromatic heterocycles. The first-order chi connectivity index (χ1) is 15.1. The molecular formula is C22H13ClFN3O2S2. The third-order valence-electron chi connectivity index (χ3n) is 4.53. The summed E-state index contributed by atoms with van der Waals surface area (Å²) in [5, 5.41) is 8.71. The molecule has 0 aliphatic carbocycles. The highest BCUT2D eigenvalue weighted by atomic mass is 35.5. The topological polar surface area (TPSA) is 59.2 Å². The van der Waals surface area contributed by atoms with E-state index < -0.39 is 0 Å². The summed E-state index contributed by atoms with van der Waals surface area (Å²) in [6, 6.07) is 19.1. The van der Waals surface area contributed by atoms with Crippen molar-refractivity contribution in [3.8, 4) is 11.5 Å². The number of amides is 1. The van der Waals surface area contributed by atoms with E-state index in [1.165, 1.54) is 12.1 Å². The Hall–Kier alpha value is -2.81. The fourth-order valence-corrected chi connectivity index (χ4v) is 5.01. The van der Waals surface area contributed by atoms with Gasteiger partial charge in [0.2, 0.25) is 11.8 Å². The zero-order valence-electron chi connectivity index (χ0n) is 15.8. The molecule has 5 nitrogen and oxygen atoms in total. The van der Waals surface area contributed by atoms with Gasteiger partial charge in [0.05, 0.1) is 17.1 Å². The third kappa shape index (κ3) is 4.06. The summed E-state index contributed by atoms with van der Waals surface area (Å²) in [7, 11) is 0. The molecule has 2 heterocycles. The minimum Gasteiger partial charge on any atom is -0.411 e. The van der Waals surface area contributed by atoms with E-state index in [-0.39, 0.29) is 28.6 Å². The second-order valence-electron chi connectivity index (χ2n) is 6.58. The quantitative estimate of drug-likeness (QED) is 0.320. The molecule has 5 rings (SSSR count).